The van der Waals surface area contributed by atoms with Crippen molar-refractivity contribution >= 4 is 17.7 Å². The molecule has 2 fully saturated rings. The van der Waals surface area contributed by atoms with E-state index in [9.17, 15) is 23.2 Å². The number of aromatic nitrogens is 2. The zero-order chi connectivity index (χ0) is 30.1. The number of ether oxygens (including phenoxy) is 3. The summed E-state index contributed by atoms with van der Waals surface area (Å²) in [6.45, 7) is 0.701. The van der Waals surface area contributed by atoms with Gasteiger partial charge in [0.2, 0.25) is 0 Å². The lowest BCUT2D eigenvalue weighted by Gasteiger charge is -2.21. The van der Waals surface area contributed by atoms with E-state index in [1.54, 1.807) is 36.4 Å². The summed E-state index contributed by atoms with van der Waals surface area (Å²) in [5.74, 6) is 0.418. The minimum absolute atomic E-state index is 0.00388. The van der Waals surface area contributed by atoms with Gasteiger partial charge in [0.15, 0.2) is 6.61 Å². The molecule has 2 N–H and O–H groups in total. The molecule has 4 bridgehead atoms. The molecular formula is C30H31F2N5O6. The van der Waals surface area contributed by atoms with Crippen LogP contribution in [0.2, 0.25) is 0 Å². The Labute approximate surface area is 246 Å². The molecule has 1 aliphatic carbocycles. The maximum atomic E-state index is 13.6. The maximum absolute atomic E-state index is 13.6. The van der Waals surface area contributed by atoms with Crippen molar-refractivity contribution in [2.45, 2.75) is 38.0 Å². The Balaban J connectivity index is 1.29. The average Bonchev–Trinajstić information content (AvgIpc) is 3.63. The summed E-state index contributed by atoms with van der Waals surface area (Å²) in [4.78, 5) is 40.9. The number of hydrogen-bond acceptors (Lipinski definition) is 7. The molecule has 0 radical (unpaired) electrons. The minimum atomic E-state index is -2.82. The number of nitrogens with zero attached hydrogens (tertiary/aromatic N) is 3. The van der Waals surface area contributed by atoms with E-state index in [2.05, 4.69) is 15.7 Å². The highest BCUT2D eigenvalue weighted by Crippen LogP contribution is 2.31. The van der Waals surface area contributed by atoms with Crippen LogP contribution < -0.4 is 24.8 Å². The lowest BCUT2D eigenvalue weighted by molar-refractivity contribution is -0.123. The normalized spacial score (nSPS) is 20.5. The first-order chi connectivity index (χ1) is 20.7. The van der Waals surface area contributed by atoms with Gasteiger partial charge in [-0.15, -0.1) is 0 Å². The largest absolute Gasteiger partial charge is 0.493 e. The second-order valence-electron chi connectivity index (χ2n) is 11.0. The average molecular weight is 596 g/mol. The van der Waals surface area contributed by atoms with E-state index in [1.165, 1.54) is 18.0 Å². The number of nitrogens with one attached hydrogen (secondary N) is 2. The standard InChI is InChI=1S/C30H31F2N5O6/c1-36-25(11-23(35-36)28(31)32)30(40)37-13-24-26(14-37)43-20-6-4-17(5-7-20)12-33-27(38)16-42-22-9-19(29(39)34-24)8-21(10-22)41-15-18-2-3-18/h4-11,18,24,26,28H,2-3,12-16H2,1H3,(H,33,38)(H,34,39)/t24-,26-/m0/s1. The molecule has 3 aromatic rings. The van der Waals surface area contributed by atoms with Gasteiger partial charge in [-0.1, -0.05) is 12.1 Å². The summed E-state index contributed by atoms with van der Waals surface area (Å²) >= 11 is 0. The van der Waals surface area contributed by atoms with Gasteiger partial charge in [-0.3, -0.25) is 19.1 Å². The molecule has 4 aliphatic rings. The first-order valence-corrected chi connectivity index (χ1v) is 14.1. The van der Waals surface area contributed by atoms with E-state index in [1.807, 2.05) is 0 Å². The van der Waals surface area contributed by atoms with Crippen molar-refractivity contribution in [1.82, 2.24) is 25.3 Å². The summed E-state index contributed by atoms with van der Waals surface area (Å²) in [7, 11) is 1.43. The highest BCUT2D eigenvalue weighted by Gasteiger charge is 2.39. The highest BCUT2D eigenvalue weighted by atomic mass is 19.3. The lowest BCUT2D eigenvalue weighted by atomic mass is 10.1. The summed E-state index contributed by atoms with van der Waals surface area (Å²) in [6.07, 6.45) is -1.29. The third-order valence-electron chi connectivity index (χ3n) is 7.61. The van der Waals surface area contributed by atoms with Crippen LogP contribution in [0.4, 0.5) is 8.78 Å². The Hall–Kier alpha value is -4.68. The summed E-state index contributed by atoms with van der Waals surface area (Å²) in [6, 6.07) is 12.3. The molecule has 0 unspecified atom stereocenters. The monoisotopic (exact) mass is 595 g/mol. The van der Waals surface area contributed by atoms with E-state index in [-0.39, 0.29) is 43.4 Å². The Morgan fingerprint density at radius 1 is 1.09 bits per heavy atom. The van der Waals surface area contributed by atoms with Crippen molar-refractivity contribution < 1.29 is 37.4 Å². The molecule has 1 saturated heterocycles. The summed E-state index contributed by atoms with van der Waals surface area (Å²) in [5.41, 5.74) is 0.591. The number of hydrogen-bond donors (Lipinski definition) is 2. The molecule has 2 atom stereocenters. The van der Waals surface area contributed by atoms with E-state index in [0.717, 1.165) is 29.2 Å². The molecule has 43 heavy (non-hydrogen) atoms. The van der Waals surface area contributed by atoms with Gasteiger partial charge in [-0.05, 0) is 54.7 Å². The van der Waals surface area contributed by atoms with E-state index < -0.39 is 36.1 Å². The van der Waals surface area contributed by atoms with Gasteiger partial charge < -0.3 is 29.7 Å². The molecule has 4 heterocycles. The fraction of sp³-hybridized carbons (Fsp3) is 0.400. The molecule has 226 valence electrons. The van der Waals surface area contributed by atoms with Crippen molar-refractivity contribution in [3.05, 3.63) is 71.0 Å². The first kappa shape index (κ1) is 28.4. The third-order valence-corrected chi connectivity index (χ3v) is 7.61. The SMILES string of the molecule is Cn1nc(C(F)F)cc1C(=O)N1C[C@@H]2NC(=O)c3cc(cc(OCC4CC4)c3)OCC(=O)NCc3ccc(cc3)O[C@H]2C1. The zero-order valence-electron chi connectivity index (χ0n) is 23.4. The second-order valence-corrected chi connectivity index (χ2v) is 11.0. The van der Waals surface area contributed by atoms with Crippen molar-refractivity contribution in [3.8, 4) is 17.2 Å². The fourth-order valence-corrected chi connectivity index (χ4v) is 5.04. The minimum Gasteiger partial charge on any atom is -0.493 e. The molecule has 11 nitrogen and oxygen atoms in total. The van der Waals surface area contributed by atoms with Crippen LogP contribution in [-0.2, 0) is 18.4 Å². The van der Waals surface area contributed by atoms with Crippen LogP contribution >= 0.6 is 0 Å². The van der Waals surface area contributed by atoms with Crippen molar-refractivity contribution in [1.29, 1.82) is 0 Å². The van der Waals surface area contributed by atoms with Crippen LogP contribution in [0.3, 0.4) is 0 Å². The number of alkyl halides is 2. The summed E-state index contributed by atoms with van der Waals surface area (Å²) in [5, 5.41) is 9.53. The Bertz CT molecular complexity index is 1520. The number of carbonyl (C=O) groups excluding carboxylic acids is 3. The number of fused-ring (bicyclic) bond motifs is 7. The van der Waals surface area contributed by atoms with Crippen molar-refractivity contribution in [3.63, 3.8) is 0 Å². The molecule has 1 aromatic heterocycles. The molecule has 3 aliphatic heterocycles. The van der Waals surface area contributed by atoms with E-state index >= 15 is 0 Å². The number of benzene rings is 2. The molecule has 7 rings (SSSR count). The van der Waals surface area contributed by atoms with Gasteiger partial charge in [-0.2, -0.15) is 5.10 Å². The highest BCUT2D eigenvalue weighted by molar-refractivity contribution is 5.96. The van der Waals surface area contributed by atoms with Crippen LogP contribution in [0.15, 0.2) is 48.5 Å². The first-order valence-electron chi connectivity index (χ1n) is 14.1. The van der Waals surface area contributed by atoms with Gasteiger partial charge in [0, 0.05) is 31.8 Å². The Morgan fingerprint density at radius 2 is 1.88 bits per heavy atom. The maximum Gasteiger partial charge on any atom is 0.282 e. The zero-order valence-corrected chi connectivity index (χ0v) is 23.4. The smallest absolute Gasteiger partial charge is 0.282 e. The van der Waals surface area contributed by atoms with Crippen LogP contribution in [0.1, 0.15) is 51.4 Å². The lowest BCUT2D eigenvalue weighted by Crippen LogP contribution is -2.45. The molecule has 2 aromatic carbocycles. The number of carbonyl (C=O) groups is 3. The predicted molar refractivity (Wildman–Crippen MR) is 148 cm³/mol. The van der Waals surface area contributed by atoms with Gasteiger partial charge in [0.1, 0.15) is 34.7 Å². The van der Waals surface area contributed by atoms with Crippen LogP contribution in [0.25, 0.3) is 0 Å². The van der Waals surface area contributed by atoms with Crippen molar-refractivity contribution in [2.24, 2.45) is 13.0 Å². The van der Waals surface area contributed by atoms with Gasteiger partial charge >= 0.3 is 0 Å². The van der Waals surface area contributed by atoms with E-state index in [0.29, 0.717) is 29.8 Å². The van der Waals surface area contributed by atoms with Crippen LogP contribution in [0.5, 0.6) is 17.2 Å². The van der Waals surface area contributed by atoms with Crippen LogP contribution in [-0.4, -0.2) is 70.9 Å². The van der Waals surface area contributed by atoms with Gasteiger partial charge in [-0.25, -0.2) is 8.78 Å². The molecule has 3 amide bonds. The fourth-order valence-electron chi connectivity index (χ4n) is 5.04. The molecule has 1 saturated carbocycles. The number of likely N-dealkylation sites (tertiary alicyclic amines) is 1. The third kappa shape index (κ3) is 6.71. The quantitative estimate of drug-likeness (QED) is 0.465. The molecular weight excluding hydrogens is 564 g/mol. The summed E-state index contributed by atoms with van der Waals surface area (Å²) < 4.78 is 45.5. The van der Waals surface area contributed by atoms with Gasteiger partial charge in [0.25, 0.3) is 24.1 Å². The predicted octanol–water partition coefficient (Wildman–Crippen LogP) is 2.86. The number of halogens is 2. The Kier molecular flexibility index (Phi) is 7.87. The number of aryl methyl sites for hydroxylation is 1. The van der Waals surface area contributed by atoms with E-state index in [4.69, 9.17) is 14.2 Å². The number of amides is 3. The molecule has 13 heteroatoms. The number of rotatable bonds is 5. The van der Waals surface area contributed by atoms with Gasteiger partial charge in [0.05, 0.1) is 19.2 Å². The van der Waals surface area contributed by atoms with Crippen molar-refractivity contribution in [2.75, 3.05) is 26.3 Å². The Morgan fingerprint density at radius 3 is 2.60 bits per heavy atom. The second kappa shape index (κ2) is 11.9. The molecule has 0 spiro atoms. The van der Waals surface area contributed by atoms with Crippen LogP contribution in [0, 0.1) is 5.92 Å². The topological polar surface area (TPSA) is 124 Å².